The second-order valence-electron chi connectivity index (χ2n) is 5.38. The van der Waals surface area contributed by atoms with E-state index in [1.54, 1.807) is 23.9 Å². The van der Waals surface area contributed by atoms with E-state index >= 15 is 0 Å². The van der Waals surface area contributed by atoms with Crippen molar-refractivity contribution >= 4 is 21.8 Å². The minimum absolute atomic E-state index is 0.0349. The summed E-state index contributed by atoms with van der Waals surface area (Å²) in [4.78, 5) is 1.10. The smallest absolute Gasteiger partial charge is 0.215 e. The summed E-state index contributed by atoms with van der Waals surface area (Å²) in [7, 11) is -3.48. The Kier molecular flexibility index (Phi) is 6.24. The topological polar surface area (TPSA) is 66.4 Å². The summed E-state index contributed by atoms with van der Waals surface area (Å²) < 4.78 is 26.7. The number of hydrogen-bond acceptors (Lipinski definition) is 4. The summed E-state index contributed by atoms with van der Waals surface area (Å²) in [5.41, 5.74) is 2.51. The Balaban J connectivity index is 1.93. The van der Waals surface area contributed by atoms with Crippen molar-refractivity contribution < 1.29 is 13.5 Å². The SMILES string of the molecule is CSc1ccc(C(O)CNS(=O)(=O)Cc2ccc(C)cc2)cc1. The zero-order chi connectivity index (χ0) is 16.9. The normalized spacial score (nSPS) is 13.0. The van der Waals surface area contributed by atoms with Gasteiger partial charge in [-0.15, -0.1) is 11.8 Å². The molecule has 0 saturated heterocycles. The zero-order valence-corrected chi connectivity index (χ0v) is 14.8. The molecule has 2 rings (SSSR count). The van der Waals surface area contributed by atoms with Crippen molar-refractivity contribution in [3.63, 3.8) is 0 Å². The number of benzene rings is 2. The molecular weight excluding hydrogens is 330 g/mol. The van der Waals surface area contributed by atoms with Crippen LogP contribution in [0.2, 0.25) is 0 Å². The van der Waals surface area contributed by atoms with Gasteiger partial charge >= 0.3 is 0 Å². The monoisotopic (exact) mass is 351 g/mol. The molecule has 0 saturated carbocycles. The highest BCUT2D eigenvalue weighted by Crippen LogP contribution is 2.19. The summed E-state index contributed by atoms with van der Waals surface area (Å²) in [6, 6.07) is 14.8. The largest absolute Gasteiger partial charge is 0.387 e. The van der Waals surface area contributed by atoms with Crippen molar-refractivity contribution in [3.05, 3.63) is 65.2 Å². The van der Waals surface area contributed by atoms with Crippen LogP contribution in [-0.2, 0) is 15.8 Å². The lowest BCUT2D eigenvalue weighted by Crippen LogP contribution is -2.29. The first-order chi connectivity index (χ1) is 10.9. The molecule has 0 fully saturated rings. The molecule has 124 valence electrons. The highest BCUT2D eigenvalue weighted by molar-refractivity contribution is 7.98. The average molecular weight is 351 g/mol. The zero-order valence-electron chi connectivity index (χ0n) is 13.2. The summed E-state index contributed by atoms with van der Waals surface area (Å²) >= 11 is 1.62. The van der Waals surface area contributed by atoms with Gasteiger partial charge in [0.2, 0.25) is 10.0 Å². The molecule has 0 heterocycles. The van der Waals surface area contributed by atoms with Crippen molar-refractivity contribution in [1.82, 2.24) is 4.72 Å². The first-order valence-electron chi connectivity index (χ1n) is 7.24. The van der Waals surface area contributed by atoms with Gasteiger partial charge in [0.05, 0.1) is 11.9 Å². The van der Waals surface area contributed by atoms with E-state index in [0.717, 1.165) is 16.0 Å². The number of aryl methyl sites for hydroxylation is 1. The van der Waals surface area contributed by atoms with E-state index in [0.29, 0.717) is 5.56 Å². The van der Waals surface area contributed by atoms with Crippen LogP contribution in [0.25, 0.3) is 0 Å². The van der Waals surface area contributed by atoms with Crippen LogP contribution >= 0.6 is 11.8 Å². The first-order valence-corrected chi connectivity index (χ1v) is 10.1. The van der Waals surface area contributed by atoms with Crippen LogP contribution < -0.4 is 4.72 Å². The van der Waals surface area contributed by atoms with Crippen LogP contribution in [0, 0.1) is 6.92 Å². The number of thioether (sulfide) groups is 1. The number of hydrogen-bond donors (Lipinski definition) is 2. The lowest BCUT2D eigenvalue weighted by molar-refractivity contribution is 0.182. The summed E-state index contributed by atoms with van der Waals surface area (Å²) in [6.45, 7) is 1.92. The van der Waals surface area contributed by atoms with Crippen molar-refractivity contribution in [2.75, 3.05) is 12.8 Å². The highest BCUT2D eigenvalue weighted by atomic mass is 32.2. The third-order valence-corrected chi connectivity index (χ3v) is 5.54. The van der Waals surface area contributed by atoms with Crippen LogP contribution in [0.1, 0.15) is 22.8 Å². The van der Waals surface area contributed by atoms with Crippen molar-refractivity contribution in [1.29, 1.82) is 0 Å². The van der Waals surface area contributed by atoms with Gasteiger partial charge in [0.25, 0.3) is 0 Å². The maximum absolute atomic E-state index is 12.1. The Bertz CT molecular complexity index is 725. The standard InChI is InChI=1S/C17H21NO3S2/c1-13-3-5-14(6-4-13)12-23(20,21)18-11-17(19)15-7-9-16(22-2)10-8-15/h3-10,17-19H,11-12H2,1-2H3. The van der Waals surface area contributed by atoms with Crippen molar-refractivity contribution in [2.24, 2.45) is 0 Å². The Morgan fingerprint density at radius 2 is 1.70 bits per heavy atom. The van der Waals surface area contributed by atoms with Gasteiger partial charge in [-0.3, -0.25) is 0 Å². The second-order valence-corrected chi connectivity index (χ2v) is 8.07. The molecule has 1 unspecified atom stereocenters. The first kappa shape index (κ1) is 18.0. The number of rotatable bonds is 7. The van der Waals surface area contributed by atoms with Gasteiger partial charge in [0, 0.05) is 11.4 Å². The minimum atomic E-state index is -3.48. The summed E-state index contributed by atoms with van der Waals surface area (Å²) in [5.74, 6) is -0.0919. The maximum atomic E-state index is 12.1. The van der Waals surface area contributed by atoms with Gasteiger partial charge < -0.3 is 5.11 Å². The van der Waals surface area contributed by atoms with E-state index < -0.39 is 16.1 Å². The molecule has 0 aliphatic rings. The third kappa shape index (κ3) is 5.66. The number of sulfonamides is 1. The van der Waals surface area contributed by atoms with E-state index in [9.17, 15) is 13.5 Å². The lowest BCUT2D eigenvalue weighted by atomic mass is 10.1. The third-order valence-electron chi connectivity index (χ3n) is 3.47. The Morgan fingerprint density at radius 3 is 2.26 bits per heavy atom. The van der Waals surface area contributed by atoms with Crippen molar-refractivity contribution in [2.45, 2.75) is 23.7 Å². The van der Waals surface area contributed by atoms with Crippen LogP contribution in [0.5, 0.6) is 0 Å². The van der Waals surface area contributed by atoms with Gasteiger partial charge in [-0.25, -0.2) is 13.1 Å². The fraction of sp³-hybridized carbons (Fsp3) is 0.294. The van der Waals surface area contributed by atoms with Gasteiger partial charge in [-0.1, -0.05) is 42.0 Å². The quantitative estimate of drug-likeness (QED) is 0.753. The molecule has 2 aromatic rings. The maximum Gasteiger partial charge on any atom is 0.215 e. The van der Waals surface area contributed by atoms with Gasteiger partial charge in [-0.05, 0) is 36.4 Å². The van der Waals surface area contributed by atoms with Crippen LogP contribution in [0.15, 0.2) is 53.4 Å². The van der Waals surface area contributed by atoms with E-state index in [2.05, 4.69) is 4.72 Å². The predicted molar refractivity (Wildman–Crippen MR) is 95.0 cm³/mol. The fourth-order valence-corrected chi connectivity index (χ4v) is 3.66. The number of aliphatic hydroxyl groups excluding tert-OH is 1. The lowest BCUT2D eigenvalue weighted by Gasteiger charge is -2.13. The van der Waals surface area contributed by atoms with Crippen LogP contribution in [0.3, 0.4) is 0 Å². The average Bonchev–Trinajstić information content (AvgIpc) is 2.55. The molecule has 0 aliphatic carbocycles. The van der Waals surface area contributed by atoms with E-state index in [-0.39, 0.29) is 12.3 Å². The molecule has 0 amide bonds. The summed E-state index contributed by atoms with van der Waals surface area (Å²) in [6.07, 6.45) is 1.11. The van der Waals surface area contributed by atoms with E-state index in [1.807, 2.05) is 49.6 Å². The molecule has 6 heteroatoms. The fourth-order valence-electron chi connectivity index (χ4n) is 2.10. The van der Waals surface area contributed by atoms with Gasteiger partial charge in [0.1, 0.15) is 0 Å². The molecule has 0 radical (unpaired) electrons. The molecule has 0 spiro atoms. The predicted octanol–water partition coefficient (Wildman–Crippen LogP) is 2.87. The van der Waals surface area contributed by atoms with Gasteiger partial charge in [0.15, 0.2) is 0 Å². The molecule has 23 heavy (non-hydrogen) atoms. The van der Waals surface area contributed by atoms with Crippen LogP contribution in [0.4, 0.5) is 0 Å². The molecule has 1 atom stereocenters. The van der Waals surface area contributed by atoms with Crippen molar-refractivity contribution in [3.8, 4) is 0 Å². The number of nitrogens with one attached hydrogen (secondary N) is 1. The molecule has 2 N–H and O–H groups in total. The molecule has 2 aromatic carbocycles. The Hall–Kier alpha value is -1.34. The van der Waals surface area contributed by atoms with E-state index in [1.165, 1.54) is 0 Å². The Morgan fingerprint density at radius 1 is 1.09 bits per heavy atom. The Labute approximate surface area is 142 Å². The second kappa shape index (κ2) is 7.97. The number of aliphatic hydroxyl groups is 1. The molecule has 0 aliphatic heterocycles. The minimum Gasteiger partial charge on any atom is -0.387 e. The van der Waals surface area contributed by atoms with Crippen LogP contribution in [-0.4, -0.2) is 26.3 Å². The van der Waals surface area contributed by atoms with Gasteiger partial charge in [-0.2, -0.15) is 0 Å². The molecular formula is C17H21NO3S2. The molecule has 0 bridgehead atoms. The van der Waals surface area contributed by atoms with E-state index in [4.69, 9.17) is 0 Å². The molecule has 4 nitrogen and oxygen atoms in total. The highest BCUT2D eigenvalue weighted by Gasteiger charge is 2.15. The summed E-state index contributed by atoms with van der Waals surface area (Å²) in [5, 5.41) is 10.1. The molecule has 0 aromatic heterocycles.